The van der Waals surface area contributed by atoms with Crippen molar-refractivity contribution in [2.24, 2.45) is 0 Å². The average Bonchev–Trinajstić information content (AvgIpc) is 2.81. The van der Waals surface area contributed by atoms with Crippen LogP contribution in [0.15, 0.2) is 48.5 Å². The molecule has 1 atom stereocenters. The van der Waals surface area contributed by atoms with E-state index >= 15 is 0 Å². The molecule has 1 fully saturated rings. The van der Waals surface area contributed by atoms with Crippen LogP contribution in [0.4, 0.5) is 5.69 Å². The van der Waals surface area contributed by atoms with Crippen LogP contribution in [0.2, 0.25) is 5.02 Å². The molecule has 1 N–H and O–H groups in total. The molecule has 7 nitrogen and oxygen atoms in total. The highest BCUT2D eigenvalue weighted by Gasteiger charge is 2.22. The van der Waals surface area contributed by atoms with Gasteiger partial charge in [0.2, 0.25) is 11.8 Å². The molecule has 1 aliphatic heterocycles. The van der Waals surface area contributed by atoms with E-state index in [1.807, 2.05) is 48.5 Å². The van der Waals surface area contributed by atoms with Crippen LogP contribution < -0.4 is 15.0 Å². The molecule has 8 heteroatoms. The van der Waals surface area contributed by atoms with Crippen LogP contribution in [0.1, 0.15) is 12.5 Å². The molecule has 1 unspecified atom stereocenters. The van der Waals surface area contributed by atoms with Crippen LogP contribution in [-0.2, 0) is 20.9 Å². The zero-order valence-electron chi connectivity index (χ0n) is 17.8. The Morgan fingerprint density at radius 1 is 1.10 bits per heavy atom. The van der Waals surface area contributed by atoms with Crippen molar-refractivity contribution >= 4 is 29.1 Å². The SMILES string of the molecule is COc1cccc(COC(C)C(=O)NCC(=O)N2CCN(c3cccc(Cl)c3)CC2)c1. The molecule has 0 saturated carbocycles. The average molecular weight is 446 g/mol. The minimum absolute atomic E-state index is 0.0388. The first kappa shape index (κ1) is 22.9. The third-order valence-electron chi connectivity index (χ3n) is 5.22. The number of anilines is 1. The number of carbonyl (C=O) groups excluding carboxylic acids is 2. The van der Waals surface area contributed by atoms with Crippen LogP contribution >= 0.6 is 11.6 Å². The molecule has 1 heterocycles. The van der Waals surface area contributed by atoms with E-state index in [9.17, 15) is 9.59 Å². The van der Waals surface area contributed by atoms with Gasteiger partial charge in [-0.3, -0.25) is 9.59 Å². The van der Waals surface area contributed by atoms with Crippen LogP contribution in [0.25, 0.3) is 0 Å². The maximum Gasteiger partial charge on any atom is 0.249 e. The minimum atomic E-state index is -0.668. The molecular weight excluding hydrogens is 418 g/mol. The summed E-state index contributed by atoms with van der Waals surface area (Å²) in [5.41, 5.74) is 1.96. The molecule has 2 aromatic rings. The summed E-state index contributed by atoms with van der Waals surface area (Å²) in [5.74, 6) is 0.326. The second-order valence-electron chi connectivity index (χ2n) is 7.37. The van der Waals surface area contributed by atoms with Gasteiger partial charge in [-0.15, -0.1) is 0 Å². The Bertz CT molecular complexity index is 900. The van der Waals surface area contributed by atoms with E-state index in [-0.39, 0.29) is 25.0 Å². The smallest absolute Gasteiger partial charge is 0.249 e. The molecule has 3 rings (SSSR count). The van der Waals surface area contributed by atoms with Crippen molar-refractivity contribution in [2.75, 3.05) is 44.7 Å². The van der Waals surface area contributed by atoms with Crippen LogP contribution in [0.3, 0.4) is 0 Å². The number of rotatable bonds is 8. The largest absolute Gasteiger partial charge is 0.497 e. The Balaban J connectivity index is 1.39. The summed E-state index contributed by atoms with van der Waals surface area (Å²) in [7, 11) is 1.60. The summed E-state index contributed by atoms with van der Waals surface area (Å²) in [5, 5.41) is 3.37. The number of amides is 2. The standard InChI is InChI=1S/C23H28ClN3O4/c1-17(31-16-18-5-3-8-21(13-18)30-2)23(29)25-15-22(28)27-11-9-26(10-12-27)20-7-4-6-19(24)14-20/h3-8,13-14,17H,9-12,15-16H2,1-2H3,(H,25,29). The highest BCUT2D eigenvalue weighted by Crippen LogP contribution is 2.20. The third-order valence-corrected chi connectivity index (χ3v) is 5.46. The number of benzene rings is 2. The Kier molecular flexibility index (Phi) is 8.14. The number of carbonyl (C=O) groups is 2. The van der Waals surface area contributed by atoms with E-state index in [2.05, 4.69) is 10.2 Å². The molecule has 1 saturated heterocycles. The molecular formula is C23H28ClN3O4. The molecule has 2 amide bonds. The number of halogens is 1. The Labute approximate surface area is 187 Å². The molecule has 31 heavy (non-hydrogen) atoms. The summed E-state index contributed by atoms with van der Waals surface area (Å²) >= 11 is 6.06. The second-order valence-corrected chi connectivity index (χ2v) is 7.81. The predicted molar refractivity (Wildman–Crippen MR) is 120 cm³/mol. The highest BCUT2D eigenvalue weighted by atomic mass is 35.5. The van der Waals surface area contributed by atoms with E-state index in [1.54, 1.807) is 18.9 Å². The maximum absolute atomic E-state index is 12.5. The first-order valence-corrected chi connectivity index (χ1v) is 10.6. The molecule has 1 aliphatic rings. The summed E-state index contributed by atoms with van der Waals surface area (Å²) < 4.78 is 10.8. The van der Waals surface area contributed by atoms with E-state index in [1.165, 1.54) is 0 Å². The summed E-state index contributed by atoms with van der Waals surface area (Å²) in [6.45, 7) is 4.56. The van der Waals surface area contributed by atoms with Gasteiger partial charge in [0.25, 0.3) is 0 Å². The molecule has 166 valence electrons. The number of hydrogen-bond acceptors (Lipinski definition) is 5. The molecule has 2 aromatic carbocycles. The maximum atomic E-state index is 12.5. The normalized spacial score (nSPS) is 14.8. The Morgan fingerprint density at radius 3 is 2.55 bits per heavy atom. The lowest BCUT2D eigenvalue weighted by Crippen LogP contribution is -2.51. The third kappa shape index (κ3) is 6.60. The van der Waals surface area contributed by atoms with Gasteiger partial charge in [-0.25, -0.2) is 0 Å². The first-order valence-electron chi connectivity index (χ1n) is 10.3. The number of ether oxygens (including phenoxy) is 2. The van der Waals surface area contributed by atoms with Crippen molar-refractivity contribution in [3.8, 4) is 5.75 Å². The van der Waals surface area contributed by atoms with Crippen LogP contribution in [0.5, 0.6) is 5.75 Å². The van der Waals surface area contributed by atoms with Crippen molar-refractivity contribution in [2.45, 2.75) is 19.6 Å². The van der Waals surface area contributed by atoms with Gasteiger partial charge in [0, 0.05) is 36.9 Å². The fourth-order valence-electron chi connectivity index (χ4n) is 3.36. The van der Waals surface area contributed by atoms with Crippen LogP contribution in [0, 0.1) is 0 Å². The molecule has 0 spiro atoms. The van der Waals surface area contributed by atoms with E-state index in [0.29, 0.717) is 18.1 Å². The quantitative estimate of drug-likeness (QED) is 0.676. The van der Waals surface area contributed by atoms with Crippen molar-refractivity contribution in [3.63, 3.8) is 0 Å². The number of nitrogens with zero attached hydrogens (tertiary/aromatic N) is 2. The number of piperazine rings is 1. The fraction of sp³-hybridized carbons (Fsp3) is 0.391. The molecule has 0 aromatic heterocycles. The van der Waals surface area contributed by atoms with Gasteiger partial charge < -0.3 is 24.6 Å². The van der Waals surface area contributed by atoms with Crippen molar-refractivity contribution in [1.82, 2.24) is 10.2 Å². The molecule has 0 aliphatic carbocycles. The highest BCUT2D eigenvalue weighted by molar-refractivity contribution is 6.30. The lowest BCUT2D eigenvalue weighted by Gasteiger charge is -2.36. The zero-order valence-corrected chi connectivity index (χ0v) is 18.6. The molecule has 0 radical (unpaired) electrons. The minimum Gasteiger partial charge on any atom is -0.497 e. The van der Waals surface area contributed by atoms with E-state index in [0.717, 1.165) is 30.1 Å². The summed E-state index contributed by atoms with van der Waals surface area (Å²) in [6, 6.07) is 15.2. The lowest BCUT2D eigenvalue weighted by molar-refractivity contribution is -0.137. The van der Waals surface area contributed by atoms with E-state index in [4.69, 9.17) is 21.1 Å². The van der Waals surface area contributed by atoms with Gasteiger partial charge in [-0.05, 0) is 42.8 Å². The second kappa shape index (κ2) is 11.0. The fourth-order valence-corrected chi connectivity index (χ4v) is 3.55. The van der Waals surface area contributed by atoms with Crippen molar-refractivity contribution in [3.05, 3.63) is 59.1 Å². The monoisotopic (exact) mass is 445 g/mol. The van der Waals surface area contributed by atoms with Gasteiger partial charge in [0.05, 0.1) is 20.3 Å². The Morgan fingerprint density at radius 2 is 1.84 bits per heavy atom. The van der Waals surface area contributed by atoms with Gasteiger partial charge in [0.1, 0.15) is 11.9 Å². The van der Waals surface area contributed by atoms with E-state index < -0.39 is 6.10 Å². The van der Waals surface area contributed by atoms with Gasteiger partial charge >= 0.3 is 0 Å². The van der Waals surface area contributed by atoms with Gasteiger partial charge in [0.15, 0.2) is 0 Å². The number of methoxy groups -OCH3 is 1. The summed E-state index contributed by atoms with van der Waals surface area (Å²) in [6.07, 6.45) is -0.668. The first-order chi connectivity index (χ1) is 15.0. The van der Waals surface area contributed by atoms with Gasteiger partial charge in [-0.1, -0.05) is 29.8 Å². The van der Waals surface area contributed by atoms with Crippen molar-refractivity contribution in [1.29, 1.82) is 0 Å². The lowest BCUT2D eigenvalue weighted by atomic mass is 10.2. The van der Waals surface area contributed by atoms with Crippen molar-refractivity contribution < 1.29 is 19.1 Å². The zero-order chi connectivity index (χ0) is 22.2. The number of nitrogens with one attached hydrogen (secondary N) is 1. The predicted octanol–water partition coefficient (Wildman–Crippen LogP) is 2.72. The number of hydrogen-bond donors (Lipinski definition) is 1. The summed E-state index contributed by atoms with van der Waals surface area (Å²) in [4.78, 5) is 28.7. The topological polar surface area (TPSA) is 71.1 Å². The van der Waals surface area contributed by atoms with Gasteiger partial charge in [-0.2, -0.15) is 0 Å². The Hall–Kier alpha value is -2.77. The van der Waals surface area contributed by atoms with Crippen LogP contribution in [-0.4, -0.2) is 62.7 Å². The molecule has 0 bridgehead atoms.